The van der Waals surface area contributed by atoms with Crippen LogP contribution >= 0.6 is 0 Å². The molecule has 0 fully saturated rings. The highest BCUT2D eigenvalue weighted by Crippen LogP contribution is 2.27. The van der Waals surface area contributed by atoms with Crippen molar-refractivity contribution in [3.05, 3.63) is 35.7 Å². The Bertz CT molecular complexity index is 756. The van der Waals surface area contributed by atoms with Crippen molar-refractivity contribution in [1.29, 1.82) is 5.26 Å². The Kier molecular flexibility index (Phi) is 4.82. The van der Waals surface area contributed by atoms with Crippen LogP contribution in [0.25, 0.3) is 11.4 Å². The highest BCUT2D eigenvalue weighted by molar-refractivity contribution is 5.68. The number of aliphatic hydroxyl groups is 1. The molecule has 1 aromatic carbocycles. The number of halogens is 2. The molecular formula is C13H11F2N5O3. The average Bonchev–Trinajstić information content (AvgIpc) is 3.01. The fraction of sp³-hybridized carbons (Fsp3) is 0.231. The molecule has 1 heterocycles. The van der Waals surface area contributed by atoms with Gasteiger partial charge in [0, 0.05) is 5.56 Å². The van der Waals surface area contributed by atoms with Crippen LogP contribution in [-0.2, 0) is 0 Å². The monoisotopic (exact) mass is 323 g/mol. The number of nitrogens with zero attached hydrogens (tertiary/aromatic N) is 4. The molecule has 8 nitrogen and oxygen atoms in total. The maximum Gasteiger partial charge on any atom is 0.405 e. The third-order valence-corrected chi connectivity index (χ3v) is 3.05. The number of carbonyl (C=O) groups is 1. The largest absolute Gasteiger partial charge is 0.465 e. The SMILES string of the molecule is N#Cc1ccc(C(CO)NC(=O)O)cc1-c1ncnn1C(F)F. The summed E-state index contributed by atoms with van der Waals surface area (Å²) < 4.78 is 26.2. The Hall–Kier alpha value is -3.06. The van der Waals surface area contributed by atoms with Gasteiger partial charge in [-0.15, -0.1) is 0 Å². The molecule has 1 unspecified atom stereocenters. The van der Waals surface area contributed by atoms with E-state index in [-0.39, 0.29) is 17.0 Å². The summed E-state index contributed by atoms with van der Waals surface area (Å²) in [4.78, 5) is 14.4. The molecule has 0 bridgehead atoms. The number of aliphatic hydroxyl groups excluding tert-OH is 1. The van der Waals surface area contributed by atoms with Gasteiger partial charge in [-0.25, -0.2) is 9.78 Å². The maximum atomic E-state index is 12.9. The first-order valence-corrected chi connectivity index (χ1v) is 6.30. The Morgan fingerprint density at radius 3 is 2.78 bits per heavy atom. The average molecular weight is 323 g/mol. The molecule has 0 radical (unpaired) electrons. The van der Waals surface area contributed by atoms with Crippen molar-refractivity contribution in [3.63, 3.8) is 0 Å². The number of rotatable bonds is 5. The van der Waals surface area contributed by atoms with Crippen LogP contribution < -0.4 is 5.32 Å². The minimum absolute atomic E-state index is 0.0634. The molecule has 120 valence electrons. The van der Waals surface area contributed by atoms with Crippen molar-refractivity contribution in [2.45, 2.75) is 12.6 Å². The smallest absolute Gasteiger partial charge is 0.405 e. The molecule has 0 saturated carbocycles. The molecule has 1 aromatic heterocycles. The predicted molar refractivity (Wildman–Crippen MR) is 72.4 cm³/mol. The van der Waals surface area contributed by atoms with Gasteiger partial charge in [0.05, 0.1) is 24.3 Å². The molecule has 2 aromatic rings. The van der Waals surface area contributed by atoms with Gasteiger partial charge in [0.25, 0.3) is 0 Å². The van der Waals surface area contributed by atoms with E-state index in [0.717, 1.165) is 6.33 Å². The van der Waals surface area contributed by atoms with E-state index >= 15 is 0 Å². The Labute approximate surface area is 128 Å². The van der Waals surface area contributed by atoms with E-state index in [9.17, 15) is 18.7 Å². The number of amides is 1. The minimum atomic E-state index is -2.95. The number of alkyl halides is 2. The van der Waals surface area contributed by atoms with E-state index in [4.69, 9.17) is 10.4 Å². The summed E-state index contributed by atoms with van der Waals surface area (Å²) >= 11 is 0. The number of aromatic nitrogens is 3. The Morgan fingerprint density at radius 2 is 2.22 bits per heavy atom. The predicted octanol–water partition coefficient (Wildman–Crippen LogP) is 1.51. The number of carboxylic acid groups (broad SMARTS) is 1. The fourth-order valence-corrected chi connectivity index (χ4v) is 2.03. The summed E-state index contributed by atoms with van der Waals surface area (Å²) in [6.07, 6.45) is -0.431. The number of nitrogens with one attached hydrogen (secondary N) is 1. The van der Waals surface area contributed by atoms with Crippen molar-refractivity contribution in [3.8, 4) is 17.5 Å². The number of benzene rings is 1. The normalized spacial score (nSPS) is 12.0. The lowest BCUT2D eigenvalue weighted by atomic mass is 10.00. The number of nitriles is 1. The van der Waals surface area contributed by atoms with Crippen LogP contribution in [0.15, 0.2) is 24.5 Å². The minimum Gasteiger partial charge on any atom is -0.465 e. The molecule has 0 aliphatic heterocycles. The van der Waals surface area contributed by atoms with Crippen LogP contribution in [0.2, 0.25) is 0 Å². The van der Waals surface area contributed by atoms with Crippen LogP contribution in [0, 0.1) is 11.3 Å². The first-order valence-electron chi connectivity index (χ1n) is 6.30. The highest BCUT2D eigenvalue weighted by Gasteiger charge is 2.20. The molecule has 3 N–H and O–H groups in total. The van der Waals surface area contributed by atoms with E-state index in [1.807, 2.05) is 6.07 Å². The summed E-state index contributed by atoms with van der Waals surface area (Å²) in [6, 6.07) is 4.95. The molecule has 1 amide bonds. The van der Waals surface area contributed by atoms with Gasteiger partial charge in [0.2, 0.25) is 0 Å². The van der Waals surface area contributed by atoms with Crippen LogP contribution in [0.3, 0.4) is 0 Å². The molecule has 0 spiro atoms. The van der Waals surface area contributed by atoms with E-state index in [0.29, 0.717) is 10.2 Å². The fourth-order valence-electron chi connectivity index (χ4n) is 2.03. The number of hydrogen-bond donors (Lipinski definition) is 3. The van der Waals surface area contributed by atoms with Gasteiger partial charge in [-0.1, -0.05) is 6.07 Å². The zero-order valence-corrected chi connectivity index (χ0v) is 11.5. The highest BCUT2D eigenvalue weighted by atomic mass is 19.3. The zero-order chi connectivity index (χ0) is 17.0. The van der Waals surface area contributed by atoms with Crippen LogP contribution in [0.4, 0.5) is 13.6 Å². The van der Waals surface area contributed by atoms with E-state index < -0.39 is 25.3 Å². The quantitative estimate of drug-likeness (QED) is 0.766. The number of hydrogen-bond acceptors (Lipinski definition) is 5. The van der Waals surface area contributed by atoms with Crippen molar-refractivity contribution in [1.82, 2.24) is 20.1 Å². The van der Waals surface area contributed by atoms with E-state index in [1.54, 1.807) is 0 Å². The second kappa shape index (κ2) is 6.80. The lowest BCUT2D eigenvalue weighted by Gasteiger charge is -2.16. The summed E-state index contributed by atoms with van der Waals surface area (Å²) in [5.41, 5.74) is 0.428. The molecule has 1 atom stereocenters. The Morgan fingerprint density at radius 1 is 1.48 bits per heavy atom. The van der Waals surface area contributed by atoms with Crippen LogP contribution in [0.5, 0.6) is 0 Å². The summed E-state index contributed by atoms with van der Waals surface area (Å²) in [5.74, 6) is -0.231. The van der Waals surface area contributed by atoms with Crippen LogP contribution in [-0.4, -0.2) is 37.7 Å². The van der Waals surface area contributed by atoms with E-state index in [1.165, 1.54) is 18.2 Å². The third-order valence-electron chi connectivity index (χ3n) is 3.05. The third kappa shape index (κ3) is 3.41. The maximum absolute atomic E-state index is 12.9. The van der Waals surface area contributed by atoms with Gasteiger partial charge in [-0.05, 0) is 17.7 Å². The van der Waals surface area contributed by atoms with Gasteiger partial charge >= 0.3 is 12.6 Å². The summed E-state index contributed by atoms with van der Waals surface area (Å²) in [6.45, 7) is -3.49. The van der Waals surface area contributed by atoms with Gasteiger partial charge in [0.1, 0.15) is 6.33 Å². The second-order valence-electron chi connectivity index (χ2n) is 4.41. The lowest BCUT2D eigenvalue weighted by molar-refractivity contribution is 0.0582. The zero-order valence-electron chi connectivity index (χ0n) is 11.5. The molecule has 0 aliphatic rings. The topological polar surface area (TPSA) is 124 Å². The summed E-state index contributed by atoms with van der Waals surface area (Å²) in [7, 11) is 0. The van der Waals surface area contributed by atoms with Crippen molar-refractivity contribution in [2.75, 3.05) is 6.61 Å². The van der Waals surface area contributed by atoms with Crippen molar-refractivity contribution in [2.24, 2.45) is 0 Å². The Balaban J connectivity index is 2.54. The molecular weight excluding hydrogens is 312 g/mol. The van der Waals surface area contributed by atoms with Gasteiger partial charge in [-0.2, -0.15) is 23.8 Å². The van der Waals surface area contributed by atoms with Gasteiger partial charge < -0.3 is 15.5 Å². The van der Waals surface area contributed by atoms with Gasteiger partial charge in [-0.3, -0.25) is 0 Å². The van der Waals surface area contributed by atoms with E-state index in [2.05, 4.69) is 15.4 Å². The second-order valence-corrected chi connectivity index (χ2v) is 4.41. The van der Waals surface area contributed by atoms with Crippen LogP contribution in [0.1, 0.15) is 23.7 Å². The molecule has 10 heteroatoms. The standard InChI is InChI=1S/C13H11F2N5O3/c14-12(15)20-11(17-6-18-20)9-3-7(1-2-8(9)4-16)10(5-21)19-13(22)23/h1-3,6,10,12,19,21H,5H2,(H,22,23). The summed E-state index contributed by atoms with van der Waals surface area (Å²) in [5, 5.41) is 32.6. The van der Waals surface area contributed by atoms with Crippen molar-refractivity contribution < 1.29 is 23.8 Å². The molecule has 2 rings (SSSR count). The molecule has 23 heavy (non-hydrogen) atoms. The first kappa shape index (κ1) is 16.3. The van der Waals surface area contributed by atoms with Crippen molar-refractivity contribution >= 4 is 6.09 Å². The van der Waals surface area contributed by atoms with Gasteiger partial charge in [0.15, 0.2) is 5.82 Å². The first-order chi connectivity index (χ1) is 11.0. The molecule has 0 saturated heterocycles. The molecule has 0 aliphatic carbocycles. The lowest BCUT2D eigenvalue weighted by Crippen LogP contribution is -2.29.